The molecule has 0 aromatic heterocycles. The predicted octanol–water partition coefficient (Wildman–Crippen LogP) is 2.69. The zero-order valence-electron chi connectivity index (χ0n) is 11.7. The summed E-state index contributed by atoms with van der Waals surface area (Å²) in [6.07, 6.45) is 10.3. The van der Waals surface area contributed by atoms with Crippen LogP contribution in [0.2, 0.25) is 0 Å². The van der Waals surface area contributed by atoms with Crippen molar-refractivity contribution in [3.05, 3.63) is 0 Å². The molecule has 2 N–H and O–H groups in total. The minimum Gasteiger partial charge on any atom is -0.337 e. The van der Waals surface area contributed by atoms with Crippen LogP contribution >= 0.6 is 0 Å². The van der Waals surface area contributed by atoms with Crippen LogP contribution in [-0.2, 0) is 4.79 Å². The van der Waals surface area contributed by atoms with Crippen LogP contribution < -0.4 is 5.73 Å². The smallest absolute Gasteiger partial charge is 0.223 e. The largest absolute Gasteiger partial charge is 0.337 e. The lowest BCUT2D eigenvalue weighted by Gasteiger charge is -2.37. The number of hydrogen-bond donors (Lipinski definition) is 1. The van der Waals surface area contributed by atoms with Crippen LogP contribution in [0.25, 0.3) is 0 Å². The highest BCUT2D eigenvalue weighted by molar-refractivity contribution is 5.77. The van der Waals surface area contributed by atoms with Gasteiger partial charge in [-0.15, -0.1) is 0 Å². The molecule has 2 fully saturated rings. The molecule has 0 atom stereocenters. The minimum atomic E-state index is 0.364. The average Bonchev–Trinajstić information content (AvgIpc) is 3.22. The lowest BCUT2D eigenvalue weighted by atomic mass is 9.83. The molecule has 0 bridgehead atoms. The Hall–Kier alpha value is -0.570. The molecule has 2 aliphatic carbocycles. The highest BCUT2D eigenvalue weighted by Crippen LogP contribution is 2.36. The monoisotopic (exact) mass is 252 g/mol. The first kappa shape index (κ1) is 13.9. The van der Waals surface area contributed by atoms with Crippen LogP contribution in [0.4, 0.5) is 0 Å². The fourth-order valence-corrected chi connectivity index (χ4v) is 3.27. The van der Waals surface area contributed by atoms with Crippen LogP contribution in [-0.4, -0.2) is 29.4 Å². The van der Waals surface area contributed by atoms with Crippen molar-refractivity contribution >= 4 is 5.91 Å². The van der Waals surface area contributed by atoms with Gasteiger partial charge >= 0.3 is 0 Å². The summed E-state index contributed by atoms with van der Waals surface area (Å²) in [5, 5.41) is 0. The quantitative estimate of drug-likeness (QED) is 0.790. The normalized spacial score (nSPS) is 28.1. The van der Waals surface area contributed by atoms with Crippen LogP contribution in [0.1, 0.15) is 64.7 Å². The van der Waals surface area contributed by atoms with E-state index in [-0.39, 0.29) is 0 Å². The van der Waals surface area contributed by atoms with E-state index in [0.717, 1.165) is 12.3 Å². The van der Waals surface area contributed by atoms with Gasteiger partial charge in [-0.05, 0) is 57.4 Å². The number of rotatable bonds is 6. The van der Waals surface area contributed by atoms with E-state index >= 15 is 0 Å². The maximum Gasteiger partial charge on any atom is 0.223 e. The molecule has 0 heterocycles. The van der Waals surface area contributed by atoms with Crippen LogP contribution in [0.15, 0.2) is 0 Å². The standard InChI is InChI=1S/C15H28N2O/c1-2-12-5-7-13(8-6-12)17(14-9-10-14)15(18)4-3-11-16/h12-14H,2-11,16H2,1H3. The Bertz CT molecular complexity index is 268. The lowest BCUT2D eigenvalue weighted by Crippen LogP contribution is -2.43. The van der Waals surface area contributed by atoms with E-state index in [1.54, 1.807) is 0 Å². The second-order valence-corrected chi connectivity index (χ2v) is 6.01. The Morgan fingerprint density at radius 3 is 2.11 bits per heavy atom. The third kappa shape index (κ3) is 3.47. The maximum absolute atomic E-state index is 12.3. The van der Waals surface area contributed by atoms with Gasteiger partial charge in [-0.1, -0.05) is 13.3 Å². The van der Waals surface area contributed by atoms with Gasteiger partial charge in [-0.25, -0.2) is 0 Å². The van der Waals surface area contributed by atoms with Gasteiger partial charge in [0.05, 0.1) is 0 Å². The number of carbonyl (C=O) groups excluding carboxylic acids is 1. The van der Waals surface area contributed by atoms with Gasteiger partial charge in [0.15, 0.2) is 0 Å². The van der Waals surface area contributed by atoms with E-state index in [0.29, 0.717) is 31.0 Å². The van der Waals surface area contributed by atoms with Gasteiger partial charge in [-0.3, -0.25) is 4.79 Å². The molecule has 0 saturated heterocycles. The van der Waals surface area contributed by atoms with Crippen molar-refractivity contribution in [3.63, 3.8) is 0 Å². The van der Waals surface area contributed by atoms with E-state index in [4.69, 9.17) is 5.73 Å². The molecule has 0 unspecified atom stereocenters. The number of carbonyl (C=O) groups is 1. The zero-order valence-corrected chi connectivity index (χ0v) is 11.7. The number of nitrogens with two attached hydrogens (primary N) is 1. The molecular formula is C15H28N2O. The molecule has 0 spiro atoms. The Balaban J connectivity index is 1.88. The molecule has 2 aliphatic rings. The van der Waals surface area contributed by atoms with Gasteiger partial charge in [0.25, 0.3) is 0 Å². The Morgan fingerprint density at radius 2 is 1.67 bits per heavy atom. The van der Waals surface area contributed by atoms with Crippen molar-refractivity contribution in [3.8, 4) is 0 Å². The third-order valence-electron chi connectivity index (χ3n) is 4.61. The van der Waals surface area contributed by atoms with E-state index in [9.17, 15) is 4.79 Å². The molecule has 3 heteroatoms. The summed E-state index contributed by atoms with van der Waals surface area (Å²) in [6.45, 7) is 2.92. The summed E-state index contributed by atoms with van der Waals surface area (Å²) in [5.41, 5.74) is 5.51. The van der Waals surface area contributed by atoms with Gasteiger partial charge in [-0.2, -0.15) is 0 Å². The Kier molecular flexibility index (Phi) is 5.04. The summed E-state index contributed by atoms with van der Waals surface area (Å²) in [7, 11) is 0. The van der Waals surface area contributed by atoms with Crippen LogP contribution in [0, 0.1) is 5.92 Å². The Morgan fingerprint density at radius 1 is 1.11 bits per heavy atom. The molecule has 0 aliphatic heterocycles. The van der Waals surface area contributed by atoms with E-state index in [1.165, 1.54) is 44.9 Å². The molecule has 2 saturated carbocycles. The van der Waals surface area contributed by atoms with Gasteiger partial charge in [0.1, 0.15) is 0 Å². The zero-order chi connectivity index (χ0) is 13.0. The van der Waals surface area contributed by atoms with Crippen molar-refractivity contribution in [1.29, 1.82) is 0 Å². The number of nitrogens with zero attached hydrogens (tertiary/aromatic N) is 1. The molecule has 2 rings (SSSR count). The molecule has 18 heavy (non-hydrogen) atoms. The van der Waals surface area contributed by atoms with Gasteiger partial charge in [0, 0.05) is 18.5 Å². The molecule has 104 valence electrons. The molecule has 0 aromatic carbocycles. The first-order valence-electron chi connectivity index (χ1n) is 7.77. The summed E-state index contributed by atoms with van der Waals surface area (Å²) in [4.78, 5) is 14.5. The first-order valence-corrected chi connectivity index (χ1v) is 7.77. The molecule has 0 radical (unpaired) electrons. The maximum atomic E-state index is 12.3. The van der Waals surface area contributed by atoms with Crippen molar-refractivity contribution in [2.24, 2.45) is 11.7 Å². The predicted molar refractivity (Wildman–Crippen MR) is 74.2 cm³/mol. The molecule has 3 nitrogen and oxygen atoms in total. The third-order valence-corrected chi connectivity index (χ3v) is 4.61. The van der Waals surface area contributed by atoms with E-state index < -0.39 is 0 Å². The highest BCUT2D eigenvalue weighted by Gasteiger charge is 2.38. The highest BCUT2D eigenvalue weighted by atomic mass is 16.2. The molecule has 1 amide bonds. The minimum absolute atomic E-state index is 0.364. The summed E-state index contributed by atoms with van der Waals surface area (Å²) in [5.74, 6) is 1.27. The SMILES string of the molecule is CCC1CCC(N(C(=O)CCCN)C2CC2)CC1. The van der Waals surface area contributed by atoms with Crippen molar-refractivity contribution in [2.45, 2.75) is 76.8 Å². The van der Waals surface area contributed by atoms with Crippen molar-refractivity contribution in [1.82, 2.24) is 4.90 Å². The summed E-state index contributed by atoms with van der Waals surface area (Å²) in [6, 6.07) is 1.10. The Labute approximate surface area is 111 Å². The van der Waals surface area contributed by atoms with Crippen molar-refractivity contribution in [2.75, 3.05) is 6.54 Å². The first-order chi connectivity index (χ1) is 8.76. The number of amides is 1. The van der Waals surface area contributed by atoms with E-state index in [1.807, 2.05) is 0 Å². The topological polar surface area (TPSA) is 46.3 Å². The molecule has 0 aromatic rings. The average molecular weight is 252 g/mol. The summed E-state index contributed by atoms with van der Waals surface area (Å²) >= 11 is 0. The summed E-state index contributed by atoms with van der Waals surface area (Å²) < 4.78 is 0. The van der Waals surface area contributed by atoms with Crippen molar-refractivity contribution < 1.29 is 4.79 Å². The number of hydrogen-bond acceptors (Lipinski definition) is 2. The lowest BCUT2D eigenvalue weighted by molar-refractivity contribution is -0.135. The fraction of sp³-hybridized carbons (Fsp3) is 0.933. The fourth-order valence-electron chi connectivity index (χ4n) is 3.27. The van der Waals surface area contributed by atoms with Crippen LogP contribution in [0.3, 0.4) is 0 Å². The van der Waals surface area contributed by atoms with Gasteiger partial charge < -0.3 is 10.6 Å². The van der Waals surface area contributed by atoms with Gasteiger partial charge in [0.2, 0.25) is 5.91 Å². The second-order valence-electron chi connectivity index (χ2n) is 6.01. The van der Waals surface area contributed by atoms with E-state index in [2.05, 4.69) is 11.8 Å². The van der Waals surface area contributed by atoms with Crippen LogP contribution in [0.5, 0.6) is 0 Å². The molecular weight excluding hydrogens is 224 g/mol. The second kappa shape index (κ2) is 6.55.